The second kappa shape index (κ2) is 7.16. The van der Waals surface area contributed by atoms with Crippen LogP contribution in [0.25, 0.3) is 0 Å². The van der Waals surface area contributed by atoms with Gasteiger partial charge in [-0.2, -0.15) is 5.26 Å². The fourth-order valence-electron chi connectivity index (χ4n) is 1.84. The van der Waals surface area contributed by atoms with E-state index in [-0.39, 0.29) is 0 Å². The molecule has 0 unspecified atom stereocenters. The van der Waals surface area contributed by atoms with Crippen molar-refractivity contribution in [3.8, 4) is 6.07 Å². The van der Waals surface area contributed by atoms with Gasteiger partial charge in [-0.25, -0.2) is 0 Å². The summed E-state index contributed by atoms with van der Waals surface area (Å²) >= 11 is 5.80. The van der Waals surface area contributed by atoms with E-state index in [4.69, 9.17) is 16.9 Å². The largest absolute Gasteiger partial charge is 0.325 e. The van der Waals surface area contributed by atoms with Crippen LogP contribution < -0.4 is 10.6 Å². The van der Waals surface area contributed by atoms with Crippen molar-refractivity contribution in [3.63, 3.8) is 0 Å². The standard InChI is InChI=1S/C18H16ClN3O2/c1-18(2,17(24)22-15-9-5-13(19)6-10-15)16(23)21-14-7-3-12(11-20)4-8-14/h3-10H,1-2H3,(H,21,23)(H,22,24). The summed E-state index contributed by atoms with van der Waals surface area (Å²) in [5, 5.41) is 14.7. The first-order valence-corrected chi connectivity index (χ1v) is 7.59. The summed E-state index contributed by atoms with van der Waals surface area (Å²) in [5.41, 5.74) is 0.288. The number of hydrogen-bond donors (Lipinski definition) is 2. The second-order valence-corrected chi connectivity index (χ2v) is 6.17. The summed E-state index contributed by atoms with van der Waals surface area (Å²) in [7, 11) is 0. The van der Waals surface area contributed by atoms with E-state index in [0.29, 0.717) is 22.0 Å². The third-order valence-corrected chi connectivity index (χ3v) is 3.76. The lowest BCUT2D eigenvalue weighted by atomic mass is 9.90. The molecule has 0 radical (unpaired) electrons. The Hall–Kier alpha value is -2.84. The Balaban J connectivity index is 2.06. The number of nitrogens with one attached hydrogen (secondary N) is 2. The third kappa shape index (κ3) is 4.12. The third-order valence-electron chi connectivity index (χ3n) is 3.51. The molecule has 0 bridgehead atoms. The van der Waals surface area contributed by atoms with Crippen LogP contribution in [0.2, 0.25) is 5.02 Å². The molecule has 0 fully saturated rings. The lowest BCUT2D eigenvalue weighted by molar-refractivity contribution is -0.135. The molecular formula is C18H16ClN3O2. The van der Waals surface area contributed by atoms with Crippen molar-refractivity contribution < 1.29 is 9.59 Å². The SMILES string of the molecule is CC(C)(C(=O)Nc1ccc(Cl)cc1)C(=O)Nc1ccc(C#N)cc1. The molecule has 24 heavy (non-hydrogen) atoms. The molecule has 122 valence electrons. The molecule has 0 spiro atoms. The molecule has 5 nitrogen and oxygen atoms in total. The first kappa shape index (κ1) is 17.5. The highest BCUT2D eigenvalue weighted by molar-refractivity contribution is 6.30. The van der Waals surface area contributed by atoms with E-state index in [0.717, 1.165) is 0 Å². The summed E-state index contributed by atoms with van der Waals surface area (Å²) in [6.45, 7) is 3.08. The van der Waals surface area contributed by atoms with Crippen LogP contribution >= 0.6 is 11.6 Å². The van der Waals surface area contributed by atoms with Gasteiger partial charge >= 0.3 is 0 Å². The number of hydrogen-bond acceptors (Lipinski definition) is 3. The van der Waals surface area contributed by atoms with E-state index in [9.17, 15) is 9.59 Å². The first-order valence-electron chi connectivity index (χ1n) is 7.21. The van der Waals surface area contributed by atoms with Gasteiger partial charge in [-0.15, -0.1) is 0 Å². The summed E-state index contributed by atoms with van der Waals surface area (Å²) in [4.78, 5) is 24.8. The number of benzene rings is 2. The maximum Gasteiger partial charge on any atom is 0.239 e. The summed E-state index contributed by atoms with van der Waals surface area (Å²) in [6, 6.07) is 15.0. The quantitative estimate of drug-likeness (QED) is 0.829. The van der Waals surface area contributed by atoms with Crippen LogP contribution in [0.4, 0.5) is 11.4 Å². The van der Waals surface area contributed by atoms with Crippen LogP contribution in [0, 0.1) is 16.7 Å². The Labute approximate surface area is 145 Å². The fourth-order valence-corrected chi connectivity index (χ4v) is 1.97. The molecule has 0 aliphatic heterocycles. The minimum atomic E-state index is -1.28. The Morgan fingerprint density at radius 1 is 0.917 bits per heavy atom. The van der Waals surface area contributed by atoms with E-state index < -0.39 is 17.2 Å². The number of carbonyl (C=O) groups excluding carboxylic acids is 2. The number of rotatable bonds is 4. The van der Waals surface area contributed by atoms with Gasteiger partial charge < -0.3 is 10.6 Å². The molecule has 2 rings (SSSR count). The van der Waals surface area contributed by atoms with Crippen molar-refractivity contribution in [1.82, 2.24) is 0 Å². The van der Waals surface area contributed by atoms with E-state index in [2.05, 4.69) is 10.6 Å². The van der Waals surface area contributed by atoms with E-state index in [1.807, 2.05) is 6.07 Å². The Bertz CT molecular complexity index is 791. The normalized spacial score (nSPS) is 10.6. The van der Waals surface area contributed by atoms with Crippen LogP contribution in [-0.4, -0.2) is 11.8 Å². The van der Waals surface area contributed by atoms with Crippen LogP contribution in [0.1, 0.15) is 19.4 Å². The van der Waals surface area contributed by atoms with E-state index >= 15 is 0 Å². The van der Waals surface area contributed by atoms with Crippen molar-refractivity contribution in [3.05, 3.63) is 59.1 Å². The topological polar surface area (TPSA) is 82.0 Å². The van der Waals surface area contributed by atoms with Crippen LogP contribution in [0.15, 0.2) is 48.5 Å². The smallest absolute Gasteiger partial charge is 0.239 e. The average molecular weight is 342 g/mol. The summed E-state index contributed by atoms with van der Waals surface area (Å²) in [6.07, 6.45) is 0. The molecule has 0 saturated heterocycles. The van der Waals surface area contributed by atoms with Crippen molar-refractivity contribution >= 4 is 34.8 Å². The molecule has 0 heterocycles. The van der Waals surface area contributed by atoms with Gasteiger partial charge in [0.15, 0.2) is 0 Å². The van der Waals surface area contributed by atoms with Gasteiger partial charge in [-0.05, 0) is 62.4 Å². The highest BCUT2D eigenvalue weighted by Gasteiger charge is 2.36. The average Bonchev–Trinajstić information content (AvgIpc) is 2.57. The molecule has 2 aromatic carbocycles. The van der Waals surface area contributed by atoms with Crippen LogP contribution in [0.3, 0.4) is 0 Å². The highest BCUT2D eigenvalue weighted by Crippen LogP contribution is 2.22. The van der Waals surface area contributed by atoms with Crippen molar-refractivity contribution in [1.29, 1.82) is 5.26 Å². The van der Waals surface area contributed by atoms with Gasteiger partial charge in [0.25, 0.3) is 0 Å². The molecule has 6 heteroatoms. The summed E-state index contributed by atoms with van der Waals surface area (Å²) in [5.74, 6) is -0.880. The number of amides is 2. The zero-order valence-corrected chi connectivity index (χ0v) is 14.0. The lowest BCUT2D eigenvalue weighted by Crippen LogP contribution is -2.41. The van der Waals surface area contributed by atoms with Gasteiger partial charge in [0, 0.05) is 16.4 Å². The monoisotopic (exact) mass is 341 g/mol. The van der Waals surface area contributed by atoms with Crippen molar-refractivity contribution in [2.75, 3.05) is 10.6 Å². The molecule has 0 aliphatic rings. The van der Waals surface area contributed by atoms with Gasteiger partial charge in [0.2, 0.25) is 11.8 Å². The predicted octanol–water partition coefficient (Wildman–Crippen LogP) is 3.82. The van der Waals surface area contributed by atoms with Gasteiger partial charge in [-0.3, -0.25) is 9.59 Å². The molecule has 0 atom stereocenters. The molecule has 0 aliphatic carbocycles. The molecule has 0 aromatic heterocycles. The van der Waals surface area contributed by atoms with Crippen molar-refractivity contribution in [2.45, 2.75) is 13.8 Å². The molecular weight excluding hydrogens is 326 g/mol. The zero-order chi connectivity index (χ0) is 17.7. The Morgan fingerprint density at radius 2 is 1.33 bits per heavy atom. The minimum Gasteiger partial charge on any atom is -0.325 e. The van der Waals surface area contributed by atoms with E-state index in [1.54, 1.807) is 48.5 Å². The zero-order valence-electron chi connectivity index (χ0n) is 13.3. The van der Waals surface area contributed by atoms with Crippen LogP contribution in [-0.2, 0) is 9.59 Å². The molecule has 2 aromatic rings. The van der Waals surface area contributed by atoms with Gasteiger partial charge in [0.05, 0.1) is 11.6 Å². The van der Waals surface area contributed by atoms with Gasteiger partial charge in [0.1, 0.15) is 5.41 Å². The molecule has 2 amide bonds. The first-order chi connectivity index (χ1) is 11.3. The van der Waals surface area contributed by atoms with Crippen LogP contribution in [0.5, 0.6) is 0 Å². The summed E-state index contributed by atoms with van der Waals surface area (Å²) < 4.78 is 0. The number of halogens is 1. The number of anilines is 2. The number of carbonyl (C=O) groups is 2. The maximum absolute atomic E-state index is 12.4. The second-order valence-electron chi connectivity index (χ2n) is 5.73. The minimum absolute atomic E-state index is 0.434. The molecule has 2 N–H and O–H groups in total. The van der Waals surface area contributed by atoms with E-state index in [1.165, 1.54) is 13.8 Å². The number of nitriles is 1. The fraction of sp³-hybridized carbons (Fsp3) is 0.167. The predicted molar refractivity (Wildman–Crippen MR) is 93.6 cm³/mol. The lowest BCUT2D eigenvalue weighted by Gasteiger charge is -2.22. The number of nitrogens with zero attached hydrogens (tertiary/aromatic N) is 1. The Morgan fingerprint density at radius 3 is 1.75 bits per heavy atom. The molecule has 0 saturated carbocycles. The van der Waals surface area contributed by atoms with Gasteiger partial charge in [-0.1, -0.05) is 11.6 Å². The Kier molecular flexibility index (Phi) is 5.22. The maximum atomic E-state index is 12.4. The van der Waals surface area contributed by atoms with Crippen molar-refractivity contribution in [2.24, 2.45) is 5.41 Å². The highest BCUT2D eigenvalue weighted by atomic mass is 35.5.